The summed E-state index contributed by atoms with van der Waals surface area (Å²) in [6, 6.07) is 6.03. The zero-order chi connectivity index (χ0) is 15.5. The molecule has 0 spiro atoms. The summed E-state index contributed by atoms with van der Waals surface area (Å²) >= 11 is 0. The Morgan fingerprint density at radius 2 is 2.05 bits per heavy atom. The van der Waals surface area contributed by atoms with Gasteiger partial charge in [-0.3, -0.25) is 4.79 Å². The highest BCUT2D eigenvalue weighted by atomic mass is 16.1. The van der Waals surface area contributed by atoms with Gasteiger partial charge in [0.1, 0.15) is 0 Å². The SMILES string of the molecule is CCCNc1ccc(C)cc1C(=O)NCC1(C(C)C)CC1. The van der Waals surface area contributed by atoms with Crippen LogP contribution >= 0.6 is 0 Å². The molecule has 3 nitrogen and oxygen atoms in total. The molecular weight excluding hydrogens is 260 g/mol. The Balaban J connectivity index is 2.05. The molecule has 2 N–H and O–H groups in total. The van der Waals surface area contributed by atoms with Gasteiger partial charge in [-0.05, 0) is 49.7 Å². The van der Waals surface area contributed by atoms with Gasteiger partial charge in [0.05, 0.1) is 5.56 Å². The van der Waals surface area contributed by atoms with E-state index in [0.717, 1.165) is 36.3 Å². The first kappa shape index (κ1) is 15.9. The third-order valence-electron chi connectivity index (χ3n) is 4.70. The highest BCUT2D eigenvalue weighted by molar-refractivity contribution is 5.99. The lowest BCUT2D eigenvalue weighted by molar-refractivity contribution is 0.0940. The fraction of sp³-hybridized carbons (Fsp3) is 0.611. The van der Waals surface area contributed by atoms with Crippen molar-refractivity contribution >= 4 is 11.6 Å². The molecule has 21 heavy (non-hydrogen) atoms. The van der Waals surface area contributed by atoms with Gasteiger partial charge in [-0.25, -0.2) is 0 Å². The summed E-state index contributed by atoms with van der Waals surface area (Å²) in [4.78, 5) is 12.5. The molecule has 1 saturated carbocycles. The van der Waals surface area contributed by atoms with Crippen LogP contribution in [0.4, 0.5) is 5.69 Å². The van der Waals surface area contributed by atoms with Gasteiger partial charge in [0.2, 0.25) is 0 Å². The normalized spacial score (nSPS) is 15.9. The van der Waals surface area contributed by atoms with E-state index in [1.165, 1.54) is 12.8 Å². The molecule has 0 unspecified atom stereocenters. The number of hydrogen-bond donors (Lipinski definition) is 2. The number of rotatable bonds is 7. The molecule has 0 heterocycles. The Morgan fingerprint density at radius 3 is 2.62 bits per heavy atom. The maximum Gasteiger partial charge on any atom is 0.253 e. The van der Waals surface area contributed by atoms with E-state index in [1.54, 1.807) is 0 Å². The van der Waals surface area contributed by atoms with Crippen LogP contribution in [0.25, 0.3) is 0 Å². The lowest BCUT2D eigenvalue weighted by Gasteiger charge is -2.20. The lowest BCUT2D eigenvalue weighted by atomic mass is 9.92. The highest BCUT2D eigenvalue weighted by Crippen LogP contribution is 2.51. The van der Waals surface area contributed by atoms with E-state index in [-0.39, 0.29) is 5.91 Å². The molecule has 1 amide bonds. The number of benzene rings is 1. The Bertz CT molecular complexity index is 504. The topological polar surface area (TPSA) is 41.1 Å². The summed E-state index contributed by atoms with van der Waals surface area (Å²) in [6.07, 6.45) is 3.52. The summed E-state index contributed by atoms with van der Waals surface area (Å²) in [7, 11) is 0. The molecule has 0 bridgehead atoms. The van der Waals surface area contributed by atoms with Crippen molar-refractivity contribution in [3.63, 3.8) is 0 Å². The van der Waals surface area contributed by atoms with Gasteiger partial charge in [-0.15, -0.1) is 0 Å². The lowest BCUT2D eigenvalue weighted by Crippen LogP contribution is -2.33. The van der Waals surface area contributed by atoms with Crippen LogP contribution in [0.1, 0.15) is 56.0 Å². The predicted octanol–water partition coefficient (Wildman–Crippen LogP) is 3.98. The van der Waals surface area contributed by atoms with Crippen molar-refractivity contribution in [2.45, 2.75) is 47.0 Å². The van der Waals surface area contributed by atoms with Crippen LogP contribution in [0.5, 0.6) is 0 Å². The van der Waals surface area contributed by atoms with E-state index in [0.29, 0.717) is 11.3 Å². The molecule has 1 aromatic rings. The molecule has 1 aromatic carbocycles. The second-order valence-electron chi connectivity index (χ2n) is 6.68. The minimum absolute atomic E-state index is 0.0456. The van der Waals surface area contributed by atoms with Gasteiger partial charge in [-0.1, -0.05) is 32.4 Å². The first-order valence-electron chi connectivity index (χ1n) is 8.11. The third kappa shape index (κ3) is 3.78. The average molecular weight is 288 g/mol. The number of carbonyl (C=O) groups is 1. The molecule has 1 fully saturated rings. The van der Waals surface area contributed by atoms with Crippen molar-refractivity contribution in [3.8, 4) is 0 Å². The van der Waals surface area contributed by atoms with Gasteiger partial charge in [0.25, 0.3) is 5.91 Å². The van der Waals surface area contributed by atoms with Crippen LogP contribution in [0.15, 0.2) is 18.2 Å². The molecular formula is C18H28N2O. The summed E-state index contributed by atoms with van der Waals surface area (Å²) in [5.74, 6) is 0.678. The first-order valence-corrected chi connectivity index (χ1v) is 8.11. The molecule has 1 aliphatic carbocycles. The van der Waals surface area contributed by atoms with Crippen molar-refractivity contribution in [2.75, 3.05) is 18.4 Å². The number of anilines is 1. The standard InChI is InChI=1S/C18H28N2O/c1-5-10-19-16-7-6-14(4)11-15(16)17(21)20-12-18(8-9-18)13(2)3/h6-7,11,13,19H,5,8-10,12H2,1-4H3,(H,20,21). The monoisotopic (exact) mass is 288 g/mol. The average Bonchev–Trinajstić information content (AvgIpc) is 3.24. The second kappa shape index (κ2) is 6.50. The summed E-state index contributed by atoms with van der Waals surface area (Å²) < 4.78 is 0. The predicted molar refractivity (Wildman–Crippen MR) is 88.8 cm³/mol. The van der Waals surface area contributed by atoms with Crippen LogP contribution in [0.3, 0.4) is 0 Å². The van der Waals surface area contributed by atoms with Crippen LogP contribution in [-0.4, -0.2) is 19.0 Å². The number of hydrogen-bond acceptors (Lipinski definition) is 2. The van der Waals surface area contributed by atoms with Crippen molar-refractivity contribution in [2.24, 2.45) is 11.3 Å². The van der Waals surface area contributed by atoms with Crippen LogP contribution in [-0.2, 0) is 0 Å². The van der Waals surface area contributed by atoms with Crippen LogP contribution in [0.2, 0.25) is 0 Å². The maximum atomic E-state index is 12.5. The Hall–Kier alpha value is -1.51. The molecule has 2 rings (SSSR count). The Kier molecular flexibility index (Phi) is 4.92. The Morgan fingerprint density at radius 1 is 1.33 bits per heavy atom. The van der Waals surface area contributed by atoms with Gasteiger partial charge in [0.15, 0.2) is 0 Å². The summed E-state index contributed by atoms with van der Waals surface area (Å²) in [5.41, 5.74) is 3.17. The van der Waals surface area contributed by atoms with Gasteiger partial charge >= 0.3 is 0 Å². The second-order valence-corrected chi connectivity index (χ2v) is 6.68. The van der Waals surface area contributed by atoms with Crippen molar-refractivity contribution in [1.82, 2.24) is 5.32 Å². The minimum atomic E-state index is 0.0456. The van der Waals surface area contributed by atoms with Crippen LogP contribution < -0.4 is 10.6 Å². The van der Waals surface area contributed by atoms with Crippen LogP contribution in [0, 0.1) is 18.3 Å². The van der Waals surface area contributed by atoms with Crippen molar-refractivity contribution in [3.05, 3.63) is 29.3 Å². The molecule has 0 atom stereocenters. The summed E-state index contributed by atoms with van der Waals surface area (Å²) in [5, 5.41) is 6.49. The fourth-order valence-corrected chi connectivity index (χ4v) is 2.73. The number of nitrogens with one attached hydrogen (secondary N) is 2. The van der Waals surface area contributed by atoms with Gasteiger partial charge in [-0.2, -0.15) is 0 Å². The zero-order valence-electron chi connectivity index (χ0n) is 13.8. The molecule has 3 heteroatoms. The third-order valence-corrected chi connectivity index (χ3v) is 4.70. The molecule has 0 radical (unpaired) electrons. The van der Waals surface area contributed by atoms with Crippen molar-refractivity contribution < 1.29 is 4.79 Å². The van der Waals surface area contributed by atoms with E-state index in [9.17, 15) is 4.79 Å². The quantitative estimate of drug-likeness (QED) is 0.796. The summed E-state index contributed by atoms with van der Waals surface area (Å²) in [6.45, 7) is 10.3. The molecule has 0 aromatic heterocycles. The number of amides is 1. The van der Waals surface area contributed by atoms with Crippen molar-refractivity contribution in [1.29, 1.82) is 0 Å². The van der Waals surface area contributed by atoms with E-state index in [4.69, 9.17) is 0 Å². The number of carbonyl (C=O) groups excluding carboxylic acids is 1. The number of aryl methyl sites for hydroxylation is 1. The largest absolute Gasteiger partial charge is 0.384 e. The van der Waals surface area contributed by atoms with E-state index >= 15 is 0 Å². The molecule has 1 aliphatic rings. The molecule has 0 aliphatic heterocycles. The maximum absolute atomic E-state index is 12.5. The molecule has 0 saturated heterocycles. The van der Waals surface area contributed by atoms with E-state index in [1.807, 2.05) is 25.1 Å². The highest BCUT2D eigenvalue weighted by Gasteiger charge is 2.45. The fourth-order valence-electron chi connectivity index (χ4n) is 2.73. The smallest absolute Gasteiger partial charge is 0.253 e. The van der Waals surface area contributed by atoms with E-state index in [2.05, 4.69) is 31.4 Å². The Labute approximate surface area is 128 Å². The zero-order valence-corrected chi connectivity index (χ0v) is 13.8. The van der Waals surface area contributed by atoms with E-state index < -0.39 is 0 Å². The van der Waals surface area contributed by atoms with Gasteiger partial charge < -0.3 is 10.6 Å². The molecule has 116 valence electrons. The van der Waals surface area contributed by atoms with Gasteiger partial charge in [0, 0.05) is 18.8 Å². The minimum Gasteiger partial charge on any atom is -0.384 e. The first-order chi connectivity index (χ1) is 9.98.